The number of fused-ring (bicyclic) bond motifs is 5. The van der Waals surface area contributed by atoms with E-state index in [9.17, 15) is 9.90 Å². The lowest BCUT2D eigenvalue weighted by Gasteiger charge is -2.56. The van der Waals surface area contributed by atoms with Crippen molar-refractivity contribution in [3.05, 3.63) is 65.8 Å². The molecule has 2 aromatic rings. The molecule has 0 spiro atoms. The van der Waals surface area contributed by atoms with Gasteiger partial charge in [-0.3, -0.25) is 4.79 Å². The van der Waals surface area contributed by atoms with Gasteiger partial charge >= 0.3 is 0 Å². The second-order valence-electron chi connectivity index (χ2n) is 12.4. The van der Waals surface area contributed by atoms with E-state index in [4.69, 9.17) is 4.74 Å². The zero-order valence-electron chi connectivity index (χ0n) is 22.2. The Morgan fingerprint density at radius 1 is 1.16 bits per heavy atom. The number of imidazole rings is 1. The molecule has 4 aliphatic carbocycles. The van der Waals surface area contributed by atoms with Crippen LogP contribution in [0.5, 0.6) is 5.75 Å². The minimum atomic E-state index is -0.246. The maximum absolute atomic E-state index is 13.8. The number of allylic oxidation sites excluding steroid dienone is 2. The summed E-state index contributed by atoms with van der Waals surface area (Å²) in [5, 5.41) is 10.3. The average molecular weight is 501 g/mol. The molecule has 0 radical (unpaired) electrons. The number of carbonyl (C=O) groups excluding carboxylic acids is 1. The third-order valence-electron chi connectivity index (χ3n) is 10.3. The van der Waals surface area contributed by atoms with Gasteiger partial charge in [0.05, 0.1) is 19.0 Å². The molecule has 5 nitrogen and oxygen atoms in total. The highest BCUT2D eigenvalue weighted by molar-refractivity contribution is 6.06. The van der Waals surface area contributed by atoms with Gasteiger partial charge in [0.25, 0.3) is 0 Å². The van der Waals surface area contributed by atoms with Gasteiger partial charge in [0.1, 0.15) is 5.75 Å². The number of hydrogen-bond acceptors (Lipinski definition) is 4. The highest BCUT2D eigenvalue weighted by atomic mass is 16.5. The van der Waals surface area contributed by atoms with E-state index in [0.29, 0.717) is 30.1 Å². The molecule has 0 amide bonds. The Morgan fingerprint density at radius 3 is 2.86 bits per heavy atom. The first-order chi connectivity index (χ1) is 17.9. The van der Waals surface area contributed by atoms with Gasteiger partial charge in [-0.1, -0.05) is 37.6 Å². The summed E-state index contributed by atoms with van der Waals surface area (Å²) in [5.74, 6) is 2.81. The van der Waals surface area contributed by atoms with Gasteiger partial charge in [-0.25, -0.2) is 4.98 Å². The summed E-state index contributed by atoms with van der Waals surface area (Å²) in [7, 11) is 0. The monoisotopic (exact) mass is 500 g/mol. The van der Waals surface area contributed by atoms with E-state index >= 15 is 0 Å². The number of aliphatic hydroxyl groups excluding tert-OH is 1. The standard InChI is InChI=1S/C32H40N2O3/c1-31-11-9-25(35)20-24(31)7-8-27-28(31)10-12-32(2)29(27)19-23(30(32)36)17-22-5-3-6-26(18-22)37-16-4-14-34-15-13-33-21-34/h3,5-7,13,15,17-18,21,25,27-29,35H,4,8-12,14,16,19-20H2,1-2H3/t25?,27-,28-,29+,31+,32+/m1/s1. The highest BCUT2D eigenvalue weighted by Crippen LogP contribution is 2.64. The molecule has 5 heteroatoms. The van der Waals surface area contributed by atoms with Crippen LogP contribution in [0.4, 0.5) is 0 Å². The third-order valence-corrected chi connectivity index (χ3v) is 10.3. The van der Waals surface area contributed by atoms with Crippen molar-refractivity contribution >= 4 is 11.9 Å². The van der Waals surface area contributed by atoms with Crippen molar-refractivity contribution in [1.29, 1.82) is 0 Å². The fourth-order valence-electron chi connectivity index (χ4n) is 8.19. The maximum atomic E-state index is 13.8. The van der Waals surface area contributed by atoms with Crippen molar-refractivity contribution in [2.24, 2.45) is 28.6 Å². The zero-order chi connectivity index (χ0) is 25.6. The van der Waals surface area contributed by atoms with Crippen LogP contribution < -0.4 is 4.74 Å². The number of rotatable bonds is 6. The summed E-state index contributed by atoms with van der Waals surface area (Å²) in [5.41, 5.74) is 3.48. The first-order valence-electron chi connectivity index (χ1n) is 14.2. The van der Waals surface area contributed by atoms with Gasteiger partial charge in [0.2, 0.25) is 0 Å². The van der Waals surface area contributed by atoms with E-state index in [0.717, 1.165) is 74.8 Å². The van der Waals surface area contributed by atoms with Gasteiger partial charge in [-0.05, 0) is 104 Å². The Bertz CT molecular complexity index is 1210. The van der Waals surface area contributed by atoms with E-state index < -0.39 is 0 Å². The molecular weight excluding hydrogens is 460 g/mol. The van der Waals surface area contributed by atoms with E-state index in [1.165, 1.54) is 5.57 Å². The number of ketones is 1. The molecule has 1 aromatic carbocycles. The summed E-state index contributed by atoms with van der Waals surface area (Å²) in [6, 6.07) is 8.16. The topological polar surface area (TPSA) is 64.3 Å². The molecule has 37 heavy (non-hydrogen) atoms. The van der Waals surface area contributed by atoms with Crippen LogP contribution in [-0.2, 0) is 11.3 Å². The summed E-state index contributed by atoms with van der Waals surface area (Å²) >= 11 is 0. The number of Topliss-reactive ketones (excluding diaryl/α,β-unsaturated/α-hetero) is 1. The quantitative estimate of drug-likeness (QED) is 0.290. The largest absolute Gasteiger partial charge is 0.494 e. The molecule has 0 bridgehead atoms. The van der Waals surface area contributed by atoms with Crippen LogP contribution >= 0.6 is 0 Å². The van der Waals surface area contributed by atoms with Gasteiger partial charge in [-0.15, -0.1) is 0 Å². The molecule has 1 heterocycles. The number of carbonyl (C=O) groups is 1. The number of benzene rings is 1. The van der Waals surface area contributed by atoms with Crippen molar-refractivity contribution in [2.45, 2.75) is 77.9 Å². The number of nitrogens with zero attached hydrogens (tertiary/aromatic N) is 2. The Labute approximate surface area is 220 Å². The fourth-order valence-corrected chi connectivity index (χ4v) is 8.19. The minimum absolute atomic E-state index is 0.177. The molecule has 3 fully saturated rings. The maximum Gasteiger partial charge on any atom is 0.165 e. The van der Waals surface area contributed by atoms with Crippen LogP contribution in [0.3, 0.4) is 0 Å². The van der Waals surface area contributed by atoms with Crippen LogP contribution in [-0.4, -0.2) is 33.2 Å². The Kier molecular flexibility index (Phi) is 6.38. The number of aryl methyl sites for hydroxylation is 1. The molecular formula is C32H40N2O3. The lowest BCUT2D eigenvalue weighted by atomic mass is 9.48. The molecule has 4 aliphatic rings. The predicted octanol–water partition coefficient (Wildman–Crippen LogP) is 6.24. The molecule has 0 aliphatic heterocycles. The minimum Gasteiger partial charge on any atom is -0.494 e. The molecule has 0 saturated heterocycles. The van der Waals surface area contributed by atoms with E-state index in [-0.39, 0.29) is 16.9 Å². The number of hydrogen-bond donors (Lipinski definition) is 1. The van der Waals surface area contributed by atoms with Crippen molar-refractivity contribution in [2.75, 3.05) is 6.61 Å². The van der Waals surface area contributed by atoms with E-state index in [1.807, 2.05) is 24.7 Å². The van der Waals surface area contributed by atoms with E-state index in [2.05, 4.69) is 47.7 Å². The second kappa shape index (κ2) is 9.58. The summed E-state index contributed by atoms with van der Waals surface area (Å²) in [6.07, 6.45) is 17.8. The Balaban J connectivity index is 1.17. The summed E-state index contributed by atoms with van der Waals surface area (Å²) in [6.45, 7) is 6.21. The normalized spacial score (nSPS) is 36.0. The predicted molar refractivity (Wildman–Crippen MR) is 145 cm³/mol. The van der Waals surface area contributed by atoms with Crippen molar-refractivity contribution in [3.8, 4) is 5.75 Å². The van der Waals surface area contributed by atoms with Crippen LogP contribution in [0.15, 0.2) is 60.2 Å². The van der Waals surface area contributed by atoms with Gasteiger partial charge in [0.15, 0.2) is 5.78 Å². The van der Waals surface area contributed by atoms with Crippen molar-refractivity contribution in [1.82, 2.24) is 9.55 Å². The van der Waals surface area contributed by atoms with Crippen molar-refractivity contribution in [3.63, 3.8) is 0 Å². The lowest BCUT2D eigenvalue weighted by molar-refractivity contribution is -0.130. The van der Waals surface area contributed by atoms with E-state index in [1.54, 1.807) is 6.20 Å². The van der Waals surface area contributed by atoms with Gasteiger partial charge in [0, 0.05) is 24.4 Å². The number of aromatic nitrogens is 2. The smallest absolute Gasteiger partial charge is 0.165 e. The number of aliphatic hydroxyl groups is 1. The molecule has 6 rings (SSSR count). The zero-order valence-corrected chi connectivity index (χ0v) is 22.2. The molecule has 1 N–H and O–H groups in total. The Hall–Kier alpha value is -2.66. The molecule has 1 aromatic heterocycles. The SMILES string of the molecule is C[C@]12CCC(O)CC1=CC[C@@H]1[C@H]2CC[C@]2(C)C(=O)C(=Cc3cccc(OCCCn4ccnc4)c3)C[C@@H]12. The first kappa shape index (κ1) is 24.7. The molecule has 6 atom stereocenters. The molecule has 3 saturated carbocycles. The van der Waals surface area contributed by atoms with Crippen molar-refractivity contribution < 1.29 is 14.6 Å². The number of ether oxygens (including phenoxy) is 1. The summed E-state index contributed by atoms with van der Waals surface area (Å²) < 4.78 is 8.08. The summed E-state index contributed by atoms with van der Waals surface area (Å²) in [4.78, 5) is 17.9. The van der Waals surface area contributed by atoms with Gasteiger partial charge < -0.3 is 14.4 Å². The van der Waals surface area contributed by atoms with Gasteiger partial charge in [-0.2, -0.15) is 0 Å². The lowest BCUT2D eigenvalue weighted by Crippen LogP contribution is -2.50. The highest BCUT2D eigenvalue weighted by Gasteiger charge is 2.59. The molecule has 196 valence electrons. The molecule has 1 unspecified atom stereocenters. The average Bonchev–Trinajstić information content (AvgIpc) is 3.49. The van der Waals surface area contributed by atoms with Crippen LogP contribution in [0, 0.1) is 28.6 Å². The third kappa shape index (κ3) is 4.39. The first-order valence-corrected chi connectivity index (χ1v) is 14.2. The Morgan fingerprint density at radius 2 is 2.03 bits per heavy atom. The second-order valence-corrected chi connectivity index (χ2v) is 12.4. The van der Waals surface area contributed by atoms with Crippen LogP contribution in [0.1, 0.15) is 70.8 Å². The fraction of sp³-hybridized carbons (Fsp3) is 0.562. The van der Waals surface area contributed by atoms with Crippen LogP contribution in [0.2, 0.25) is 0 Å². The van der Waals surface area contributed by atoms with Crippen LogP contribution in [0.25, 0.3) is 6.08 Å².